The van der Waals surface area contributed by atoms with Crippen LogP contribution in [-0.2, 0) is 5.75 Å². The number of hydrogen-bond donors (Lipinski definition) is 1. The molecule has 0 saturated heterocycles. The highest BCUT2D eigenvalue weighted by Gasteiger charge is 2.02. The van der Waals surface area contributed by atoms with Gasteiger partial charge in [0.15, 0.2) is 5.82 Å². The van der Waals surface area contributed by atoms with Gasteiger partial charge in [0.1, 0.15) is 5.03 Å². The van der Waals surface area contributed by atoms with Crippen molar-refractivity contribution in [2.75, 3.05) is 5.73 Å². The van der Waals surface area contributed by atoms with Crippen molar-refractivity contribution in [3.05, 3.63) is 36.7 Å². The Bertz CT molecular complexity index is 434. The number of nitrogen functional groups attached to an aromatic ring is 1. The quantitative estimate of drug-likeness (QED) is 0.780. The first-order chi connectivity index (χ1) is 7.36. The SMILES string of the molecule is Nc1nccnc1SCc1cnccn1. The van der Waals surface area contributed by atoms with Crippen LogP contribution >= 0.6 is 11.8 Å². The number of nitrogens with two attached hydrogens (primary N) is 1. The summed E-state index contributed by atoms with van der Waals surface area (Å²) in [4.78, 5) is 16.2. The summed E-state index contributed by atoms with van der Waals surface area (Å²) in [5.41, 5.74) is 6.55. The Balaban J connectivity index is 2.03. The van der Waals surface area contributed by atoms with Crippen LogP contribution in [0, 0.1) is 0 Å². The largest absolute Gasteiger partial charge is 0.381 e. The predicted molar refractivity (Wildman–Crippen MR) is 58.0 cm³/mol. The molecule has 2 heterocycles. The molecule has 0 amide bonds. The van der Waals surface area contributed by atoms with Crippen molar-refractivity contribution in [2.45, 2.75) is 10.8 Å². The monoisotopic (exact) mass is 219 g/mol. The highest BCUT2D eigenvalue weighted by Crippen LogP contribution is 2.22. The van der Waals surface area contributed by atoms with Gasteiger partial charge < -0.3 is 5.73 Å². The Hall–Kier alpha value is -1.69. The molecule has 2 N–H and O–H groups in total. The molecule has 0 saturated carbocycles. The summed E-state index contributed by atoms with van der Waals surface area (Å²) >= 11 is 1.50. The average molecular weight is 219 g/mol. The molecule has 15 heavy (non-hydrogen) atoms. The summed E-state index contributed by atoms with van der Waals surface area (Å²) in [6.07, 6.45) is 8.22. The van der Waals surface area contributed by atoms with Crippen molar-refractivity contribution in [3.8, 4) is 0 Å². The Labute approximate surface area is 91.2 Å². The maximum absolute atomic E-state index is 5.65. The molecule has 2 rings (SSSR count). The van der Waals surface area contributed by atoms with Gasteiger partial charge in [0.05, 0.1) is 5.69 Å². The molecule has 0 aliphatic rings. The summed E-state index contributed by atoms with van der Waals surface area (Å²) in [5.74, 6) is 1.14. The van der Waals surface area contributed by atoms with Crippen molar-refractivity contribution in [1.82, 2.24) is 19.9 Å². The van der Waals surface area contributed by atoms with Gasteiger partial charge in [-0.1, -0.05) is 11.8 Å². The second-order valence-electron chi connectivity index (χ2n) is 2.73. The second kappa shape index (κ2) is 4.70. The van der Waals surface area contributed by atoms with E-state index in [0.29, 0.717) is 11.6 Å². The van der Waals surface area contributed by atoms with Crippen LogP contribution in [0.25, 0.3) is 0 Å². The summed E-state index contributed by atoms with van der Waals surface area (Å²) in [7, 11) is 0. The minimum Gasteiger partial charge on any atom is -0.381 e. The van der Waals surface area contributed by atoms with Crippen LogP contribution in [0.1, 0.15) is 5.69 Å². The normalized spacial score (nSPS) is 10.1. The van der Waals surface area contributed by atoms with E-state index >= 15 is 0 Å². The topological polar surface area (TPSA) is 77.6 Å². The van der Waals surface area contributed by atoms with E-state index in [1.54, 1.807) is 31.0 Å². The fourth-order valence-corrected chi connectivity index (χ4v) is 1.76. The standard InChI is InChI=1S/C9H9N5S/c10-8-9(14-4-3-13-8)15-6-7-5-11-1-2-12-7/h1-5H,6H2,(H2,10,13). The van der Waals surface area contributed by atoms with Gasteiger partial charge in [0.2, 0.25) is 0 Å². The zero-order valence-electron chi connectivity index (χ0n) is 7.87. The molecule has 6 heteroatoms. The summed E-state index contributed by atoms with van der Waals surface area (Å²) in [5, 5.41) is 0.725. The molecule has 0 fully saturated rings. The molecule has 0 radical (unpaired) electrons. The van der Waals surface area contributed by atoms with Crippen LogP contribution in [0.15, 0.2) is 36.0 Å². The third kappa shape index (κ3) is 2.63. The maximum Gasteiger partial charge on any atom is 0.156 e. The third-order valence-electron chi connectivity index (χ3n) is 1.66. The van der Waals surface area contributed by atoms with Gasteiger partial charge in [0, 0.05) is 36.7 Å². The van der Waals surface area contributed by atoms with E-state index in [4.69, 9.17) is 5.73 Å². The third-order valence-corrected chi connectivity index (χ3v) is 2.69. The molecule has 0 aliphatic carbocycles. The number of hydrogen-bond acceptors (Lipinski definition) is 6. The minimum atomic E-state index is 0.450. The molecule has 2 aromatic heterocycles. The maximum atomic E-state index is 5.65. The van der Waals surface area contributed by atoms with Gasteiger partial charge >= 0.3 is 0 Å². The van der Waals surface area contributed by atoms with E-state index in [-0.39, 0.29) is 0 Å². The van der Waals surface area contributed by atoms with Crippen molar-refractivity contribution in [1.29, 1.82) is 0 Å². The van der Waals surface area contributed by atoms with Gasteiger partial charge in [-0.2, -0.15) is 0 Å². The lowest BCUT2D eigenvalue weighted by Gasteiger charge is -2.01. The van der Waals surface area contributed by atoms with E-state index in [1.807, 2.05) is 0 Å². The Morgan fingerprint density at radius 1 is 1.07 bits per heavy atom. The molecule has 0 unspecified atom stereocenters. The van der Waals surface area contributed by atoms with Gasteiger partial charge in [-0.15, -0.1) is 0 Å². The molecule has 0 aromatic carbocycles. The van der Waals surface area contributed by atoms with Crippen LogP contribution in [0.3, 0.4) is 0 Å². The highest BCUT2D eigenvalue weighted by atomic mass is 32.2. The molecule has 0 atom stereocenters. The van der Waals surface area contributed by atoms with Crippen molar-refractivity contribution < 1.29 is 0 Å². The summed E-state index contributed by atoms with van der Waals surface area (Å²) in [6.45, 7) is 0. The molecule has 2 aromatic rings. The van der Waals surface area contributed by atoms with Crippen LogP contribution < -0.4 is 5.73 Å². The van der Waals surface area contributed by atoms with E-state index in [1.165, 1.54) is 11.8 Å². The Kier molecular flexibility index (Phi) is 3.08. The Morgan fingerprint density at radius 3 is 2.60 bits per heavy atom. The molecule has 76 valence electrons. The van der Waals surface area contributed by atoms with E-state index in [2.05, 4.69) is 19.9 Å². The first kappa shape index (κ1) is 9.85. The first-order valence-corrected chi connectivity index (χ1v) is 5.29. The fourth-order valence-electron chi connectivity index (χ4n) is 0.994. The van der Waals surface area contributed by atoms with Crippen molar-refractivity contribution in [2.24, 2.45) is 0 Å². The van der Waals surface area contributed by atoms with E-state index < -0.39 is 0 Å². The Morgan fingerprint density at radius 2 is 1.87 bits per heavy atom. The fraction of sp³-hybridized carbons (Fsp3) is 0.111. The van der Waals surface area contributed by atoms with Crippen LogP contribution in [0.2, 0.25) is 0 Å². The van der Waals surface area contributed by atoms with Crippen LogP contribution in [0.5, 0.6) is 0 Å². The van der Waals surface area contributed by atoms with Crippen LogP contribution in [-0.4, -0.2) is 19.9 Å². The molecular weight excluding hydrogens is 210 g/mol. The molecule has 5 nitrogen and oxygen atoms in total. The molecule has 0 bridgehead atoms. The van der Waals surface area contributed by atoms with E-state index in [9.17, 15) is 0 Å². The van der Waals surface area contributed by atoms with Gasteiger partial charge in [-0.05, 0) is 0 Å². The lowest BCUT2D eigenvalue weighted by Crippen LogP contribution is -1.95. The molecule has 0 spiro atoms. The zero-order valence-corrected chi connectivity index (χ0v) is 8.68. The average Bonchev–Trinajstić information content (AvgIpc) is 2.29. The summed E-state index contributed by atoms with van der Waals surface area (Å²) in [6, 6.07) is 0. The number of nitrogens with zero attached hydrogens (tertiary/aromatic N) is 4. The minimum absolute atomic E-state index is 0.450. The van der Waals surface area contributed by atoms with Crippen molar-refractivity contribution >= 4 is 17.6 Å². The lowest BCUT2D eigenvalue weighted by molar-refractivity contribution is 1.06. The first-order valence-electron chi connectivity index (χ1n) is 4.30. The molecular formula is C9H9N5S. The van der Waals surface area contributed by atoms with Gasteiger partial charge in [0.25, 0.3) is 0 Å². The van der Waals surface area contributed by atoms with E-state index in [0.717, 1.165) is 10.7 Å². The number of rotatable bonds is 3. The zero-order chi connectivity index (χ0) is 10.5. The van der Waals surface area contributed by atoms with Gasteiger partial charge in [-0.3, -0.25) is 9.97 Å². The number of aromatic nitrogens is 4. The molecule has 0 aliphatic heterocycles. The second-order valence-corrected chi connectivity index (χ2v) is 3.70. The number of anilines is 1. The number of thioether (sulfide) groups is 1. The van der Waals surface area contributed by atoms with Gasteiger partial charge in [-0.25, -0.2) is 9.97 Å². The van der Waals surface area contributed by atoms with Crippen molar-refractivity contribution in [3.63, 3.8) is 0 Å². The smallest absolute Gasteiger partial charge is 0.156 e. The predicted octanol–water partition coefficient (Wildman–Crippen LogP) is 1.14. The highest BCUT2D eigenvalue weighted by molar-refractivity contribution is 7.98. The summed E-state index contributed by atoms with van der Waals surface area (Å²) < 4.78 is 0. The lowest BCUT2D eigenvalue weighted by atomic mass is 10.5. The van der Waals surface area contributed by atoms with Crippen LogP contribution in [0.4, 0.5) is 5.82 Å².